The fraction of sp³-hybridized carbons (Fsp3) is 0.300. The van der Waals surface area contributed by atoms with Gasteiger partial charge in [-0.2, -0.15) is 9.59 Å². The molecule has 1 rings (SSSR count). The Morgan fingerprint density at radius 1 is 1.07 bits per heavy atom. The Morgan fingerprint density at radius 3 is 1.71 bits per heavy atom. The number of aliphatic hydroxyl groups excluding tert-OH is 2. The number of aryl methyl sites for hydroxylation is 1. The first-order chi connectivity index (χ1) is 6.67. The highest BCUT2D eigenvalue weighted by atomic mass is 16.3. The summed E-state index contributed by atoms with van der Waals surface area (Å²) in [5.74, 6) is 0. The molecule has 0 aliphatic heterocycles. The van der Waals surface area contributed by atoms with E-state index in [0.717, 1.165) is 16.7 Å². The van der Waals surface area contributed by atoms with Gasteiger partial charge in [0.2, 0.25) is 0 Å². The highest BCUT2D eigenvalue weighted by Gasteiger charge is 1.95. The molecule has 0 aliphatic rings. The fourth-order valence-corrected chi connectivity index (χ4v) is 1.13. The van der Waals surface area contributed by atoms with Crippen LogP contribution in [0.1, 0.15) is 16.7 Å². The first kappa shape index (κ1) is 12.5. The Balaban J connectivity index is 0.000000500. The Morgan fingerprint density at radius 2 is 1.43 bits per heavy atom. The van der Waals surface area contributed by atoms with E-state index in [1.54, 1.807) is 6.07 Å². The lowest BCUT2D eigenvalue weighted by molar-refractivity contribution is -0.191. The second kappa shape index (κ2) is 6.97. The van der Waals surface area contributed by atoms with Gasteiger partial charge in [-0.1, -0.05) is 23.8 Å². The van der Waals surface area contributed by atoms with Gasteiger partial charge in [-0.05, 0) is 18.1 Å². The van der Waals surface area contributed by atoms with Crippen molar-refractivity contribution in [1.82, 2.24) is 0 Å². The zero-order valence-electron chi connectivity index (χ0n) is 7.86. The molecule has 76 valence electrons. The van der Waals surface area contributed by atoms with Crippen LogP contribution in [0.15, 0.2) is 18.2 Å². The van der Waals surface area contributed by atoms with Crippen molar-refractivity contribution in [3.05, 3.63) is 34.9 Å². The third-order valence-corrected chi connectivity index (χ3v) is 1.56. The average molecular weight is 196 g/mol. The molecule has 0 amide bonds. The minimum atomic E-state index is 0.0364. The van der Waals surface area contributed by atoms with Crippen LogP contribution in [0, 0.1) is 6.92 Å². The van der Waals surface area contributed by atoms with Crippen molar-refractivity contribution in [3.63, 3.8) is 0 Å². The van der Waals surface area contributed by atoms with E-state index in [-0.39, 0.29) is 19.4 Å². The molecule has 0 aliphatic carbocycles. The quantitative estimate of drug-likeness (QED) is 0.717. The highest BCUT2D eigenvalue weighted by molar-refractivity contribution is 5.28. The van der Waals surface area contributed by atoms with Gasteiger partial charge >= 0.3 is 6.15 Å². The molecule has 0 radical (unpaired) electrons. The molecule has 4 heteroatoms. The van der Waals surface area contributed by atoms with Crippen molar-refractivity contribution in [2.75, 3.05) is 0 Å². The van der Waals surface area contributed by atoms with Crippen molar-refractivity contribution in [1.29, 1.82) is 0 Å². The summed E-state index contributed by atoms with van der Waals surface area (Å²) in [6.45, 7) is 2.02. The molecule has 1 aromatic rings. The van der Waals surface area contributed by atoms with Crippen LogP contribution < -0.4 is 0 Å². The minimum Gasteiger partial charge on any atom is -0.392 e. The molecule has 0 fully saturated rings. The number of rotatable bonds is 2. The highest BCUT2D eigenvalue weighted by Crippen LogP contribution is 2.09. The monoisotopic (exact) mass is 196 g/mol. The maximum absolute atomic E-state index is 8.80. The number of carbonyl (C=O) groups excluding carboxylic acids is 2. The molecule has 0 aromatic heterocycles. The van der Waals surface area contributed by atoms with E-state index < -0.39 is 0 Å². The van der Waals surface area contributed by atoms with Crippen molar-refractivity contribution >= 4 is 6.15 Å². The topological polar surface area (TPSA) is 74.6 Å². The first-order valence-corrected chi connectivity index (χ1v) is 3.98. The number of aliphatic hydroxyl groups is 2. The van der Waals surface area contributed by atoms with Crippen LogP contribution in [0.5, 0.6) is 0 Å². The minimum absolute atomic E-state index is 0.0364. The lowest BCUT2D eigenvalue weighted by atomic mass is 10.1. The van der Waals surface area contributed by atoms with E-state index in [1.165, 1.54) is 0 Å². The molecule has 14 heavy (non-hydrogen) atoms. The van der Waals surface area contributed by atoms with Crippen LogP contribution >= 0.6 is 0 Å². The Kier molecular flexibility index (Phi) is 6.24. The van der Waals surface area contributed by atoms with Gasteiger partial charge in [0.1, 0.15) is 0 Å². The van der Waals surface area contributed by atoms with Crippen LogP contribution in [0.25, 0.3) is 0 Å². The molecule has 1 aromatic carbocycles. The van der Waals surface area contributed by atoms with Gasteiger partial charge in [-0.15, -0.1) is 0 Å². The van der Waals surface area contributed by atoms with Crippen molar-refractivity contribution in [3.8, 4) is 0 Å². The smallest absolute Gasteiger partial charge is 0.373 e. The van der Waals surface area contributed by atoms with E-state index >= 15 is 0 Å². The summed E-state index contributed by atoms with van der Waals surface area (Å²) in [6.07, 6.45) is 0.250. The Bertz CT molecular complexity index is 292. The van der Waals surface area contributed by atoms with Crippen molar-refractivity contribution < 1.29 is 19.8 Å². The predicted octanol–water partition coefficient (Wildman–Crippen LogP) is 0.396. The third-order valence-electron chi connectivity index (χ3n) is 1.56. The summed E-state index contributed by atoms with van der Waals surface area (Å²) in [5, 5.41) is 17.6. The van der Waals surface area contributed by atoms with E-state index in [0.29, 0.717) is 0 Å². The van der Waals surface area contributed by atoms with Crippen LogP contribution in [0.4, 0.5) is 0 Å². The van der Waals surface area contributed by atoms with Crippen molar-refractivity contribution in [2.45, 2.75) is 20.1 Å². The zero-order chi connectivity index (χ0) is 11.0. The van der Waals surface area contributed by atoms with Gasteiger partial charge in [-0.25, -0.2) is 0 Å². The van der Waals surface area contributed by atoms with Crippen LogP contribution in [0.3, 0.4) is 0 Å². The van der Waals surface area contributed by atoms with Crippen molar-refractivity contribution in [2.24, 2.45) is 0 Å². The zero-order valence-corrected chi connectivity index (χ0v) is 7.86. The van der Waals surface area contributed by atoms with E-state index in [9.17, 15) is 0 Å². The van der Waals surface area contributed by atoms with Crippen LogP contribution in [-0.2, 0) is 22.8 Å². The van der Waals surface area contributed by atoms with Gasteiger partial charge < -0.3 is 10.2 Å². The molecule has 0 saturated carbocycles. The lowest BCUT2D eigenvalue weighted by Gasteiger charge is -2.02. The molecule has 0 saturated heterocycles. The summed E-state index contributed by atoms with van der Waals surface area (Å²) in [6, 6.07) is 5.60. The van der Waals surface area contributed by atoms with E-state index in [2.05, 4.69) is 0 Å². The van der Waals surface area contributed by atoms with Gasteiger partial charge in [0, 0.05) is 0 Å². The number of hydrogen-bond acceptors (Lipinski definition) is 4. The number of hydrogen-bond donors (Lipinski definition) is 2. The van der Waals surface area contributed by atoms with E-state index in [1.807, 2.05) is 19.1 Å². The molecule has 2 N–H and O–H groups in total. The second-order valence-corrected chi connectivity index (χ2v) is 2.73. The standard InChI is InChI=1S/C9H12O2.CO2/c1-7-2-8(5-10)4-9(3-7)6-11;2-1-3/h2-4,10-11H,5-6H2,1H3;. The van der Waals surface area contributed by atoms with Gasteiger partial charge in [0.15, 0.2) is 0 Å². The summed E-state index contributed by atoms with van der Waals surface area (Å²) >= 11 is 0. The summed E-state index contributed by atoms with van der Waals surface area (Å²) in [7, 11) is 0. The van der Waals surface area contributed by atoms with Gasteiger partial charge in [-0.3, -0.25) is 0 Å². The van der Waals surface area contributed by atoms with Gasteiger partial charge in [0.05, 0.1) is 13.2 Å². The SMILES string of the molecule is Cc1cc(CO)cc(CO)c1.O=C=O. The average Bonchev–Trinajstić information content (AvgIpc) is 2.18. The third kappa shape index (κ3) is 4.52. The Hall–Kier alpha value is -1.48. The lowest BCUT2D eigenvalue weighted by Crippen LogP contribution is -1.89. The molecule has 0 spiro atoms. The van der Waals surface area contributed by atoms with Crippen LogP contribution in [0.2, 0.25) is 0 Å². The number of benzene rings is 1. The molecule has 0 heterocycles. The Labute approximate surface area is 81.8 Å². The molecular weight excluding hydrogens is 184 g/mol. The normalized spacial score (nSPS) is 8.50. The molecule has 0 atom stereocenters. The molecule has 0 unspecified atom stereocenters. The largest absolute Gasteiger partial charge is 0.392 e. The van der Waals surface area contributed by atoms with Gasteiger partial charge in [0.25, 0.3) is 0 Å². The maximum atomic E-state index is 8.80. The summed E-state index contributed by atoms with van der Waals surface area (Å²) < 4.78 is 0. The summed E-state index contributed by atoms with van der Waals surface area (Å²) in [5.41, 5.74) is 2.78. The summed E-state index contributed by atoms with van der Waals surface area (Å²) in [4.78, 5) is 16.2. The molecule has 4 nitrogen and oxygen atoms in total. The maximum Gasteiger partial charge on any atom is 0.373 e. The predicted molar refractivity (Wildman–Crippen MR) is 48.0 cm³/mol. The molecule has 0 bridgehead atoms. The van der Waals surface area contributed by atoms with E-state index in [4.69, 9.17) is 19.8 Å². The fourth-order valence-electron chi connectivity index (χ4n) is 1.13. The first-order valence-electron chi connectivity index (χ1n) is 3.98. The van der Waals surface area contributed by atoms with Crippen LogP contribution in [-0.4, -0.2) is 16.4 Å². The molecular formula is C10H12O4. The second-order valence-electron chi connectivity index (χ2n) is 2.73.